The van der Waals surface area contributed by atoms with Crippen LogP contribution in [0.5, 0.6) is 0 Å². The van der Waals surface area contributed by atoms with E-state index in [0.717, 1.165) is 15.7 Å². The summed E-state index contributed by atoms with van der Waals surface area (Å²) in [6, 6.07) is 12.7. The highest BCUT2D eigenvalue weighted by Crippen LogP contribution is 2.20. The molecule has 22 heavy (non-hydrogen) atoms. The first-order valence-corrected chi connectivity index (χ1v) is 7.52. The second-order valence-corrected chi connectivity index (χ2v) is 5.57. The molecule has 0 atom stereocenters. The summed E-state index contributed by atoms with van der Waals surface area (Å²) in [5, 5.41) is 0. The Hall–Kier alpha value is -2.73. The first kappa shape index (κ1) is 13.0. The summed E-state index contributed by atoms with van der Waals surface area (Å²) in [5.41, 5.74) is 4.55. The Morgan fingerprint density at radius 2 is 2.09 bits per heavy atom. The van der Waals surface area contributed by atoms with E-state index < -0.39 is 5.97 Å². The monoisotopic (exact) mass is 310 g/mol. The van der Waals surface area contributed by atoms with Crippen LogP contribution in [-0.4, -0.2) is 15.9 Å². The van der Waals surface area contributed by atoms with Crippen LogP contribution in [0.15, 0.2) is 52.4 Å². The number of benzene rings is 2. The van der Waals surface area contributed by atoms with Gasteiger partial charge in [0.25, 0.3) is 0 Å². The Balaban J connectivity index is 1.51. The zero-order valence-corrected chi connectivity index (χ0v) is 12.2. The van der Waals surface area contributed by atoms with Gasteiger partial charge in [0.15, 0.2) is 12.2 Å². The summed E-state index contributed by atoms with van der Waals surface area (Å²) < 4.78 is 11.7. The summed E-state index contributed by atoms with van der Waals surface area (Å²) in [5.74, 6) is -0.0222. The molecule has 4 rings (SSSR count). The predicted octanol–water partition coefficient (Wildman–Crippen LogP) is 3.79. The topological polar surface area (TPSA) is 65.2 Å². The minimum Gasteiger partial charge on any atom is -0.452 e. The van der Waals surface area contributed by atoms with Gasteiger partial charge in [0.05, 0.1) is 21.3 Å². The largest absolute Gasteiger partial charge is 0.452 e. The highest BCUT2D eigenvalue weighted by molar-refractivity contribution is 7.16. The fourth-order valence-corrected chi connectivity index (χ4v) is 2.89. The van der Waals surface area contributed by atoms with Gasteiger partial charge in [0.1, 0.15) is 5.52 Å². The maximum Gasteiger partial charge on any atom is 0.338 e. The molecule has 6 heteroatoms. The van der Waals surface area contributed by atoms with Crippen LogP contribution in [0.3, 0.4) is 0 Å². The summed E-state index contributed by atoms with van der Waals surface area (Å²) in [6.45, 7) is 0.00818. The molecular weight excluding hydrogens is 300 g/mol. The van der Waals surface area contributed by atoms with Crippen molar-refractivity contribution in [1.29, 1.82) is 0 Å². The number of carbonyl (C=O) groups is 1. The van der Waals surface area contributed by atoms with E-state index in [2.05, 4.69) is 9.97 Å². The molecule has 0 amide bonds. The maximum atomic E-state index is 12.1. The van der Waals surface area contributed by atoms with Crippen LogP contribution in [0.25, 0.3) is 21.3 Å². The van der Waals surface area contributed by atoms with Crippen molar-refractivity contribution in [3.05, 3.63) is 59.4 Å². The van der Waals surface area contributed by atoms with E-state index in [0.29, 0.717) is 17.0 Å². The first-order valence-electron chi connectivity index (χ1n) is 6.64. The van der Waals surface area contributed by atoms with Crippen molar-refractivity contribution in [1.82, 2.24) is 9.97 Å². The molecule has 2 aromatic carbocycles. The number of nitrogens with zero attached hydrogens (tertiary/aromatic N) is 2. The zero-order valence-electron chi connectivity index (χ0n) is 11.4. The van der Waals surface area contributed by atoms with Gasteiger partial charge in [-0.25, -0.2) is 14.8 Å². The molecule has 2 heterocycles. The third kappa shape index (κ3) is 2.33. The molecule has 0 spiro atoms. The van der Waals surface area contributed by atoms with Crippen molar-refractivity contribution in [2.45, 2.75) is 6.61 Å². The molecular formula is C16H10N2O3S. The number of para-hydroxylation sites is 2. The van der Waals surface area contributed by atoms with Crippen LogP contribution >= 0.6 is 11.3 Å². The molecule has 0 aliphatic carbocycles. The predicted molar refractivity (Wildman–Crippen MR) is 82.7 cm³/mol. The SMILES string of the molecule is O=C(OCc1nc2ccccc2o1)c1ccc2ncsc2c1. The van der Waals surface area contributed by atoms with Crippen molar-refractivity contribution in [3.8, 4) is 0 Å². The number of hydrogen-bond donors (Lipinski definition) is 0. The van der Waals surface area contributed by atoms with Gasteiger partial charge in [-0.1, -0.05) is 12.1 Å². The number of ether oxygens (including phenoxy) is 1. The molecule has 0 saturated carbocycles. The van der Waals surface area contributed by atoms with E-state index in [-0.39, 0.29) is 6.61 Å². The second-order valence-electron chi connectivity index (χ2n) is 4.69. The second kappa shape index (κ2) is 5.23. The number of carbonyl (C=O) groups excluding carboxylic acids is 1. The lowest BCUT2D eigenvalue weighted by Crippen LogP contribution is -2.05. The van der Waals surface area contributed by atoms with Crippen LogP contribution in [0, 0.1) is 0 Å². The standard InChI is InChI=1S/C16H10N2O3S/c19-16(10-5-6-12-14(7-10)22-9-17-12)20-8-15-18-11-3-1-2-4-13(11)21-15/h1-7,9H,8H2. The van der Waals surface area contributed by atoms with E-state index >= 15 is 0 Å². The number of thiazole rings is 1. The van der Waals surface area contributed by atoms with Crippen LogP contribution in [0.1, 0.15) is 16.2 Å². The van der Waals surface area contributed by atoms with Crippen LogP contribution in [0.2, 0.25) is 0 Å². The Bertz CT molecular complexity index is 941. The number of oxazole rings is 1. The number of hydrogen-bond acceptors (Lipinski definition) is 6. The number of aromatic nitrogens is 2. The van der Waals surface area contributed by atoms with Crippen molar-refractivity contribution < 1.29 is 13.9 Å². The van der Waals surface area contributed by atoms with Gasteiger partial charge >= 0.3 is 5.97 Å². The Morgan fingerprint density at radius 1 is 1.18 bits per heavy atom. The highest BCUT2D eigenvalue weighted by atomic mass is 32.1. The molecule has 108 valence electrons. The lowest BCUT2D eigenvalue weighted by molar-refractivity contribution is 0.0440. The van der Waals surface area contributed by atoms with E-state index in [1.807, 2.05) is 30.3 Å². The van der Waals surface area contributed by atoms with E-state index in [1.165, 1.54) is 11.3 Å². The summed E-state index contributed by atoms with van der Waals surface area (Å²) >= 11 is 1.49. The third-order valence-corrected chi connectivity index (χ3v) is 4.02. The van der Waals surface area contributed by atoms with Gasteiger partial charge < -0.3 is 9.15 Å². The molecule has 5 nitrogen and oxygen atoms in total. The molecule has 0 saturated heterocycles. The molecule has 0 radical (unpaired) electrons. The molecule has 2 aromatic heterocycles. The van der Waals surface area contributed by atoms with Gasteiger partial charge in [0.2, 0.25) is 5.89 Å². The zero-order chi connectivity index (χ0) is 14.9. The molecule has 0 unspecified atom stereocenters. The van der Waals surface area contributed by atoms with Gasteiger partial charge in [0, 0.05) is 0 Å². The average molecular weight is 310 g/mol. The lowest BCUT2D eigenvalue weighted by Gasteiger charge is -2.02. The van der Waals surface area contributed by atoms with Crippen LogP contribution in [-0.2, 0) is 11.3 Å². The fraction of sp³-hybridized carbons (Fsp3) is 0.0625. The summed E-state index contributed by atoms with van der Waals surface area (Å²) in [7, 11) is 0. The Kier molecular flexibility index (Phi) is 3.08. The van der Waals surface area contributed by atoms with Gasteiger partial charge in [-0.15, -0.1) is 11.3 Å². The van der Waals surface area contributed by atoms with Gasteiger partial charge in [-0.3, -0.25) is 0 Å². The number of rotatable bonds is 3. The third-order valence-electron chi connectivity index (χ3n) is 3.23. The molecule has 0 aliphatic heterocycles. The minimum absolute atomic E-state index is 0.00818. The number of fused-ring (bicyclic) bond motifs is 2. The van der Waals surface area contributed by atoms with Crippen molar-refractivity contribution in [2.24, 2.45) is 0 Å². The van der Waals surface area contributed by atoms with E-state index in [9.17, 15) is 4.79 Å². The molecule has 0 N–H and O–H groups in total. The minimum atomic E-state index is -0.405. The molecule has 4 aromatic rings. The van der Waals surface area contributed by atoms with Gasteiger partial charge in [-0.2, -0.15) is 0 Å². The summed E-state index contributed by atoms with van der Waals surface area (Å²) in [6.07, 6.45) is 0. The van der Waals surface area contributed by atoms with Crippen molar-refractivity contribution >= 4 is 38.6 Å². The Morgan fingerprint density at radius 3 is 3.00 bits per heavy atom. The molecule has 0 fully saturated rings. The van der Waals surface area contributed by atoms with Crippen molar-refractivity contribution in [2.75, 3.05) is 0 Å². The van der Waals surface area contributed by atoms with Crippen LogP contribution < -0.4 is 0 Å². The van der Waals surface area contributed by atoms with E-state index in [4.69, 9.17) is 9.15 Å². The maximum absolute atomic E-state index is 12.1. The van der Waals surface area contributed by atoms with Crippen LogP contribution in [0.4, 0.5) is 0 Å². The lowest BCUT2D eigenvalue weighted by atomic mass is 10.2. The van der Waals surface area contributed by atoms with E-state index in [1.54, 1.807) is 17.6 Å². The Labute approximate surface area is 129 Å². The highest BCUT2D eigenvalue weighted by Gasteiger charge is 2.12. The first-order chi connectivity index (χ1) is 10.8. The van der Waals surface area contributed by atoms with Crippen molar-refractivity contribution in [3.63, 3.8) is 0 Å². The molecule has 0 aliphatic rings. The number of esters is 1. The smallest absolute Gasteiger partial charge is 0.338 e. The average Bonchev–Trinajstić information content (AvgIpc) is 3.17. The quantitative estimate of drug-likeness (QED) is 0.539. The fourth-order valence-electron chi connectivity index (χ4n) is 2.17. The van der Waals surface area contributed by atoms with Gasteiger partial charge in [-0.05, 0) is 30.3 Å². The normalized spacial score (nSPS) is 11.1. The molecule has 0 bridgehead atoms. The summed E-state index contributed by atoms with van der Waals surface area (Å²) in [4.78, 5) is 20.5.